The van der Waals surface area contributed by atoms with Gasteiger partial charge in [0.15, 0.2) is 0 Å². The smallest absolute Gasteiger partial charge is 0.252 e. The molecule has 0 saturated heterocycles. The number of carbonyl (C=O) groups is 1. The van der Waals surface area contributed by atoms with Crippen molar-refractivity contribution in [2.24, 2.45) is 0 Å². The lowest BCUT2D eigenvalue weighted by molar-refractivity contribution is 0.0953. The zero-order chi connectivity index (χ0) is 14.4. The van der Waals surface area contributed by atoms with Crippen molar-refractivity contribution >= 4 is 5.91 Å². The molecular formula is C15H16N2O3. The summed E-state index contributed by atoms with van der Waals surface area (Å²) in [5.41, 5.74) is 1.46. The van der Waals surface area contributed by atoms with Gasteiger partial charge in [-0.05, 0) is 30.2 Å². The number of carbonyl (C=O) groups excluding carboxylic acids is 1. The maximum absolute atomic E-state index is 11.8. The van der Waals surface area contributed by atoms with Gasteiger partial charge in [0.1, 0.15) is 11.5 Å². The van der Waals surface area contributed by atoms with Crippen molar-refractivity contribution in [1.29, 1.82) is 0 Å². The van der Waals surface area contributed by atoms with E-state index < -0.39 is 0 Å². The number of amides is 1. The molecule has 104 valence electrons. The first-order chi connectivity index (χ1) is 9.69. The van der Waals surface area contributed by atoms with Crippen molar-refractivity contribution < 1.29 is 14.6 Å². The molecule has 0 unspecified atom stereocenters. The number of benzene rings is 1. The van der Waals surface area contributed by atoms with Crippen LogP contribution in [0.5, 0.6) is 11.5 Å². The normalized spacial score (nSPS) is 10.1. The maximum Gasteiger partial charge on any atom is 0.252 e. The maximum atomic E-state index is 11.8. The second-order valence-corrected chi connectivity index (χ2v) is 4.29. The van der Waals surface area contributed by atoms with Gasteiger partial charge >= 0.3 is 0 Å². The average molecular weight is 272 g/mol. The fourth-order valence-corrected chi connectivity index (χ4v) is 1.77. The molecule has 20 heavy (non-hydrogen) atoms. The number of nitrogens with zero attached hydrogens (tertiary/aromatic N) is 1. The molecule has 0 aliphatic heterocycles. The van der Waals surface area contributed by atoms with Crippen LogP contribution < -0.4 is 10.1 Å². The lowest BCUT2D eigenvalue weighted by atomic mass is 10.1. The Morgan fingerprint density at radius 3 is 2.70 bits per heavy atom. The fraction of sp³-hybridized carbons (Fsp3) is 0.200. The van der Waals surface area contributed by atoms with Crippen LogP contribution in [0.2, 0.25) is 0 Å². The van der Waals surface area contributed by atoms with E-state index in [0.717, 1.165) is 17.7 Å². The topological polar surface area (TPSA) is 71.5 Å². The second-order valence-electron chi connectivity index (χ2n) is 4.29. The molecule has 1 aromatic heterocycles. The number of ether oxygens (including phenoxy) is 1. The highest BCUT2D eigenvalue weighted by Gasteiger charge is 2.06. The summed E-state index contributed by atoms with van der Waals surface area (Å²) >= 11 is 0. The molecule has 0 saturated carbocycles. The zero-order valence-electron chi connectivity index (χ0n) is 11.2. The van der Waals surface area contributed by atoms with Gasteiger partial charge in [-0.2, -0.15) is 0 Å². The van der Waals surface area contributed by atoms with Crippen molar-refractivity contribution in [3.63, 3.8) is 0 Å². The van der Waals surface area contributed by atoms with Gasteiger partial charge in [-0.15, -0.1) is 0 Å². The molecule has 0 aliphatic carbocycles. The van der Waals surface area contributed by atoms with Gasteiger partial charge in [0.05, 0.1) is 18.9 Å². The lowest BCUT2D eigenvalue weighted by Gasteiger charge is -2.06. The third-order valence-electron chi connectivity index (χ3n) is 2.84. The Hall–Kier alpha value is -2.56. The molecule has 2 rings (SSSR count). The fourth-order valence-electron chi connectivity index (χ4n) is 1.77. The summed E-state index contributed by atoms with van der Waals surface area (Å²) in [5, 5.41) is 12.0. The Labute approximate surface area is 117 Å². The van der Waals surface area contributed by atoms with E-state index in [9.17, 15) is 9.90 Å². The molecule has 5 nitrogen and oxygen atoms in total. The summed E-state index contributed by atoms with van der Waals surface area (Å²) in [4.78, 5) is 15.6. The van der Waals surface area contributed by atoms with E-state index in [1.54, 1.807) is 7.11 Å². The van der Waals surface area contributed by atoms with Crippen molar-refractivity contribution in [2.45, 2.75) is 6.42 Å². The SMILES string of the molecule is COc1ccc(CCNC(=O)c2cncc(O)c2)cc1. The third kappa shape index (κ3) is 3.71. The third-order valence-corrected chi connectivity index (χ3v) is 2.84. The van der Waals surface area contributed by atoms with Crippen LogP contribution >= 0.6 is 0 Å². The van der Waals surface area contributed by atoms with Crippen LogP contribution in [0.1, 0.15) is 15.9 Å². The lowest BCUT2D eigenvalue weighted by Crippen LogP contribution is -2.25. The first-order valence-corrected chi connectivity index (χ1v) is 6.24. The number of rotatable bonds is 5. The molecule has 5 heteroatoms. The summed E-state index contributed by atoms with van der Waals surface area (Å²) in [6.07, 6.45) is 3.43. The van der Waals surface area contributed by atoms with Gasteiger partial charge in [0.2, 0.25) is 0 Å². The van der Waals surface area contributed by atoms with Gasteiger partial charge in [0, 0.05) is 12.7 Å². The number of aromatic nitrogens is 1. The van der Waals surface area contributed by atoms with Crippen LogP contribution in [0.3, 0.4) is 0 Å². The number of nitrogens with one attached hydrogen (secondary N) is 1. The zero-order valence-corrected chi connectivity index (χ0v) is 11.2. The highest BCUT2D eigenvalue weighted by molar-refractivity contribution is 5.94. The van der Waals surface area contributed by atoms with E-state index in [-0.39, 0.29) is 11.7 Å². The van der Waals surface area contributed by atoms with Crippen molar-refractivity contribution in [3.8, 4) is 11.5 Å². The van der Waals surface area contributed by atoms with E-state index in [0.29, 0.717) is 12.1 Å². The molecular weight excluding hydrogens is 256 g/mol. The molecule has 0 bridgehead atoms. The largest absolute Gasteiger partial charge is 0.506 e. The molecule has 2 N–H and O–H groups in total. The monoisotopic (exact) mass is 272 g/mol. The molecule has 0 spiro atoms. The molecule has 0 aliphatic rings. The van der Waals surface area contributed by atoms with Crippen LogP contribution in [0.15, 0.2) is 42.7 Å². The number of methoxy groups -OCH3 is 1. The van der Waals surface area contributed by atoms with Gasteiger partial charge in [-0.25, -0.2) is 0 Å². The van der Waals surface area contributed by atoms with E-state index >= 15 is 0 Å². The quantitative estimate of drug-likeness (QED) is 0.870. The highest BCUT2D eigenvalue weighted by Crippen LogP contribution is 2.11. The highest BCUT2D eigenvalue weighted by atomic mass is 16.5. The van der Waals surface area contributed by atoms with Crippen LogP contribution in [-0.4, -0.2) is 29.7 Å². The Kier molecular flexibility index (Phi) is 4.55. The summed E-state index contributed by atoms with van der Waals surface area (Å²) in [5.74, 6) is 0.540. The van der Waals surface area contributed by atoms with Crippen molar-refractivity contribution in [3.05, 3.63) is 53.9 Å². The molecule has 1 amide bonds. The first kappa shape index (κ1) is 13.9. The van der Waals surface area contributed by atoms with E-state index in [1.807, 2.05) is 24.3 Å². The Morgan fingerprint density at radius 2 is 2.05 bits per heavy atom. The van der Waals surface area contributed by atoms with Crippen LogP contribution in [-0.2, 0) is 6.42 Å². The number of hydrogen-bond acceptors (Lipinski definition) is 4. The molecule has 0 radical (unpaired) electrons. The van der Waals surface area contributed by atoms with E-state index in [1.165, 1.54) is 18.5 Å². The van der Waals surface area contributed by atoms with E-state index in [2.05, 4.69) is 10.3 Å². The second kappa shape index (κ2) is 6.56. The number of aromatic hydroxyl groups is 1. The Balaban J connectivity index is 1.84. The number of hydrogen-bond donors (Lipinski definition) is 2. The van der Waals surface area contributed by atoms with Crippen LogP contribution in [0.4, 0.5) is 0 Å². The predicted molar refractivity (Wildman–Crippen MR) is 74.9 cm³/mol. The minimum absolute atomic E-state index is 0.0206. The van der Waals surface area contributed by atoms with Crippen molar-refractivity contribution in [2.75, 3.05) is 13.7 Å². The first-order valence-electron chi connectivity index (χ1n) is 6.24. The summed E-state index contributed by atoms with van der Waals surface area (Å²) < 4.78 is 5.08. The minimum Gasteiger partial charge on any atom is -0.506 e. The standard InChI is InChI=1S/C15H16N2O3/c1-20-14-4-2-11(3-5-14)6-7-17-15(19)12-8-13(18)10-16-9-12/h2-5,8-10,18H,6-7H2,1H3,(H,17,19). The minimum atomic E-state index is -0.248. The predicted octanol–water partition coefficient (Wildman–Crippen LogP) is 1.77. The summed E-state index contributed by atoms with van der Waals surface area (Å²) in [7, 11) is 1.62. The van der Waals surface area contributed by atoms with Gasteiger partial charge in [0.25, 0.3) is 5.91 Å². The summed E-state index contributed by atoms with van der Waals surface area (Å²) in [6.45, 7) is 0.515. The van der Waals surface area contributed by atoms with Crippen LogP contribution in [0, 0.1) is 0 Å². The van der Waals surface area contributed by atoms with Gasteiger partial charge in [-0.1, -0.05) is 12.1 Å². The van der Waals surface area contributed by atoms with Crippen LogP contribution in [0.25, 0.3) is 0 Å². The van der Waals surface area contributed by atoms with Crippen molar-refractivity contribution in [1.82, 2.24) is 10.3 Å². The van der Waals surface area contributed by atoms with E-state index in [4.69, 9.17) is 4.74 Å². The number of pyridine rings is 1. The molecule has 0 fully saturated rings. The molecule has 1 heterocycles. The molecule has 0 atom stereocenters. The average Bonchev–Trinajstić information content (AvgIpc) is 2.48. The summed E-state index contributed by atoms with van der Waals surface area (Å²) in [6, 6.07) is 9.07. The van der Waals surface area contributed by atoms with Gasteiger partial charge < -0.3 is 15.2 Å². The molecule has 1 aromatic carbocycles. The molecule has 2 aromatic rings. The Morgan fingerprint density at radius 1 is 1.30 bits per heavy atom. The Bertz CT molecular complexity index is 582. The van der Waals surface area contributed by atoms with Gasteiger partial charge in [-0.3, -0.25) is 9.78 Å².